The molecular formula is C19H16ClN3O2. The number of hydrogen-bond acceptors (Lipinski definition) is 4. The lowest BCUT2D eigenvalue weighted by Gasteiger charge is -2.04. The van der Waals surface area contributed by atoms with Gasteiger partial charge in [-0.25, -0.2) is 9.48 Å². The predicted molar refractivity (Wildman–Crippen MR) is 97.7 cm³/mol. The average molecular weight is 354 g/mol. The molecule has 5 nitrogen and oxygen atoms in total. The number of esters is 1. The number of ether oxygens (including phenoxy) is 1. The molecule has 3 aromatic rings. The van der Waals surface area contributed by atoms with Gasteiger partial charge < -0.3 is 4.74 Å². The Morgan fingerprint density at radius 3 is 2.52 bits per heavy atom. The van der Waals surface area contributed by atoms with Gasteiger partial charge in [0, 0.05) is 5.02 Å². The SMILES string of the molecule is CCOC(=O)c1nnn(-c2ccccc2)c1/C=C/c1ccc(Cl)cc1. The molecule has 25 heavy (non-hydrogen) atoms. The summed E-state index contributed by atoms with van der Waals surface area (Å²) in [4.78, 5) is 12.2. The fraction of sp³-hybridized carbons (Fsp3) is 0.105. The Morgan fingerprint density at radius 2 is 1.84 bits per heavy atom. The number of hydrogen-bond donors (Lipinski definition) is 0. The van der Waals surface area contributed by atoms with Crippen molar-refractivity contribution in [3.8, 4) is 5.69 Å². The Bertz CT molecular complexity index is 887. The highest BCUT2D eigenvalue weighted by Crippen LogP contribution is 2.18. The van der Waals surface area contributed by atoms with Gasteiger partial charge >= 0.3 is 5.97 Å². The Kier molecular flexibility index (Phi) is 5.26. The maximum Gasteiger partial charge on any atom is 0.361 e. The minimum Gasteiger partial charge on any atom is -0.461 e. The van der Waals surface area contributed by atoms with E-state index in [1.165, 1.54) is 0 Å². The van der Waals surface area contributed by atoms with Crippen LogP contribution in [0.2, 0.25) is 5.02 Å². The smallest absolute Gasteiger partial charge is 0.361 e. The Hall–Kier alpha value is -2.92. The lowest BCUT2D eigenvalue weighted by atomic mass is 10.2. The molecule has 2 aromatic carbocycles. The summed E-state index contributed by atoms with van der Waals surface area (Å²) in [7, 11) is 0. The normalized spacial score (nSPS) is 11.0. The van der Waals surface area contributed by atoms with Gasteiger partial charge in [-0.15, -0.1) is 5.10 Å². The third-order valence-electron chi connectivity index (χ3n) is 3.48. The van der Waals surface area contributed by atoms with E-state index in [0.717, 1.165) is 11.3 Å². The first-order valence-corrected chi connectivity index (χ1v) is 8.18. The van der Waals surface area contributed by atoms with Gasteiger partial charge in [0.15, 0.2) is 5.69 Å². The number of nitrogens with zero attached hydrogens (tertiary/aromatic N) is 3. The van der Waals surface area contributed by atoms with Crippen LogP contribution >= 0.6 is 11.6 Å². The molecule has 0 aliphatic carbocycles. The monoisotopic (exact) mass is 353 g/mol. The van der Waals surface area contributed by atoms with Crippen LogP contribution in [-0.2, 0) is 4.74 Å². The van der Waals surface area contributed by atoms with Crippen molar-refractivity contribution in [2.45, 2.75) is 6.92 Å². The quantitative estimate of drug-likeness (QED) is 0.643. The highest BCUT2D eigenvalue weighted by Gasteiger charge is 2.19. The van der Waals surface area contributed by atoms with Crippen LogP contribution in [0.25, 0.3) is 17.8 Å². The topological polar surface area (TPSA) is 57.0 Å². The van der Waals surface area contributed by atoms with Crippen molar-refractivity contribution in [1.82, 2.24) is 15.0 Å². The van der Waals surface area contributed by atoms with Gasteiger partial charge in [0.2, 0.25) is 0 Å². The standard InChI is InChI=1S/C19H16ClN3O2/c1-2-25-19(24)18-17(13-10-14-8-11-15(20)12-9-14)23(22-21-18)16-6-4-3-5-7-16/h3-13H,2H2,1H3/b13-10+. The van der Waals surface area contributed by atoms with E-state index in [1.807, 2.05) is 48.5 Å². The largest absolute Gasteiger partial charge is 0.461 e. The maximum absolute atomic E-state index is 12.2. The molecule has 0 radical (unpaired) electrons. The first-order chi connectivity index (χ1) is 12.2. The van der Waals surface area contributed by atoms with E-state index >= 15 is 0 Å². The minimum absolute atomic E-state index is 0.177. The third-order valence-corrected chi connectivity index (χ3v) is 3.73. The van der Waals surface area contributed by atoms with Crippen LogP contribution in [-0.4, -0.2) is 27.6 Å². The molecule has 0 unspecified atom stereocenters. The predicted octanol–water partition coefficient (Wildman–Crippen LogP) is 4.27. The van der Waals surface area contributed by atoms with Crippen LogP contribution in [0.5, 0.6) is 0 Å². The molecule has 0 N–H and O–H groups in total. The zero-order valence-corrected chi connectivity index (χ0v) is 14.3. The van der Waals surface area contributed by atoms with E-state index < -0.39 is 5.97 Å². The second-order valence-corrected chi connectivity index (χ2v) is 5.61. The average Bonchev–Trinajstić information content (AvgIpc) is 3.06. The lowest BCUT2D eigenvalue weighted by Crippen LogP contribution is -2.08. The molecule has 1 heterocycles. The molecule has 6 heteroatoms. The summed E-state index contributed by atoms with van der Waals surface area (Å²) >= 11 is 5.91. The number of halogens is 1. The number of para-hydroxylation sites is 1. The van der Waals surface area contributed by atoms with Gasteiger partial charge in [-0.1, -0.05) is 53.2 Å². The van der Waals surface area contributed by atoms with Gasteiger partial charge in [0.1, 0.15) is 5.69 Å². The molecule has 0 aliphatic heterocycles. The molecular weight excluding hydrogens is 338 g/mol. The lowest BCUT2D eigenvalue weighted by molar-refractivity contribution is 0.0519. The number of carbonyl (C=O) groups is 1. The zero-order chi connectivity index (χ0) is 17.6. The molecule has 0 fully saturated rings. The summed E-state index contributed by atoms with van der Waals surface area (Å²) in [5, 5.41) is 8.78. The molecule has 126 valence electrons. The first-order valence-electron chi connectivity index (χ1n) is 7.81. The van der Waals surface area contributed by atoms with E-state index in [9.17, 15) is 4.79 Å². The number of rotatable bonds is 5. The van der Waals surface area contributed by atoms with Crippen LogP contribution < -0.4 is 0 Å². The second-order valence-electron chi connectivity index (χ2n) is 5.18. The van der Waals surface area contributed by atoms with Crippen molar-refractivity contribution >= 4 is 29.7 Å². The summed E-state index contributed by atoms with van der Waals surface area (Å²) in [6, 6.07) is 16.9. The summed E-state index contributed by atoms with van der Waals surface area (Å²) in [5.74, 6) is -0.500. The highest BCUT2D eigenvalue weighted by atomic mass is 35.5. The van der Waals surface area contributed by atoms with Crippen molar-refractivity contribution in [3.05, 3.63) is 76.6 Å². The van der Waals surface area contributed by atoms with Crippen molar-refractivity contribution in [2.24, 2.45) is 0 Å². The molecule has 0 bridgehead atoms. The molecule has 0 atom stereocenters. The molecule has 0 spiro atoms. The van der Waals surface area contributed by atoms with Crippen LogP contribution in [0.3, 0.4) is 0 Å². The summed E-state index contributed by atoms with van der Waals surface area (Å²) in [6.07, 6.45) is 3.67. The van der Waals surface area contributed by atoms with Crippen LogP contribution in [0.1, 0.15) is 28.7 Å². The second kappa shape index (κ2) is 7.77. The van der Waals surface area contributed by atoms with Crippen molar-refractivity contribution in [3.63, 3.8) is 0 Å². The summed E-state index contributed by atoms with van der Waals surface area (Å²) in [5.41, 5.74) is 2.48. The van der Waals surface area contributed by atoms with Gasteiger partial charge in [-0.05, 0) is 42.8 Å². The van der Waals surface area contributed by atoms with E-state index in [-0.39, 0.29) is 12.3 Å². The first kappa shape index (κ1) is 16.9. The van der Waals surface area contributed by atoms with Crippen molar-refractivity contribution in [1.29, 1.82) is 0 Å². The van der Waals surface area contributed by atoms with Gasteiger partial charge in [0.05, 0.1) is 12.3 Å². The highest BCUT2D eigenvalue weighted by molar-refractivity contribution is 6.30. The van der Waals surface area contributed by atoms with E-state index in [1.54, 1.807) is 29.8 Å². The Morgan fingerprint density at radius 1 is 1.12 bits per heavy atom. The van der Waals surface area contributed by atoms with Crippen LogP contribution in [0.4, 0.5) is 0 Å². The molecule has 1 aromatic heterocycles. The number of benzene rings is 2. The molecule has 0 amide bonds. The minimum atomic E-state index is -0.500. The zero-order valence-electron chi connectivity index (χ0n) is 13.6. The molecule has 0 saturated carbocycles. The van der Waals surface area contributed by atoms with Gasteiger partial charge in [-0.2, -0.15) is 0 Å². The third kappa shape index (κ3) is 3.95. The molecule has 0 saturated heterocycles. The Balaban J connectivity index is 2.03. The molecule has 0 aliphatic rings. The van der Waals surface area contributed by atoms with Crippen molar-refractivity contribution < 1.29 is 9.53 Å². The van der Waals surface area contributed by atoms with Crippen LogP contribution in [0, 0.1) is 0 Å². The fourth-order valence-corrected chi connectivity index (χ4v) is 2.42. The number of carbonyl (C=O) groups excluding carboxylic acids is 1. The van der Waals surface area contributed by atoms with Crippen LogP contribution in [0.15, 0.2) is 54.6 Å². The van der Waals surface area contributed by atoms with E-state index in [0.29, 0.717) is 10.7 Å². The van der Waals surface area contributed by atoms with E-state index in [2.05, 4.69) is 10.3 Å². The molecule has 3 rings (SSSR count). The Labute approximate surface area is 150 Å². The summed E-state index contributed by atoms with van der Waals surface area (Å²) in [6.45, 7) is 2.03. The number of aromatic nitrogens is 3. The van der Waals surface area contributed by atoms with Crippen molar-refractivity contribution in [2.75, 3.05) is 6.61 Å². The van der Waals surface area contributed by atoms with Gasteiger partial charge in [0.25, 0.3) is 0 Å². The van der Waals surface area contributed by atoms with E-state index in [4.69, 9.17) is 16.3 Å². The maximum atomic E-state index is 12.2. The summed E-state index contributed by atoms with van der Waals surface area (Å²) < 4.78 is 6.69. The van der Waals surface area contributed by atoms with Gasteiger partial charge in [-0.3, -0.25) is 0 Å². The fourth-order valence-electron chi connectivity index (χ4n) is 2.29.